The number of amides is 1. The van der Waals surface area contributed by atoms with E-state index in [1.807, 2.05) is 37.2 Å². The molecule has 3 unspecified atom stereocenters. The molecule has 1 N–H and O–H groups in total. The second-order valence-electron chi connectivity index (χ2n) is 8.58. The van der Waals surface area contributed by atoms with Crippen LogP contribution in [-0.2, 0) is 16.1 Å². The first-order valence-electron chi connectivity index (χ1n) is 11.6. The Bertz CT molecular complexity index is 1100. The lowest BCUT2D eigenvalue weighted by molar-refractivity contribution is -0.144. The smallest absolute Gasteiger partial charge is 0.245 e. The van der Waals surface area contributed by atoms with Crippen molar-refractivity contribution in [3.63, 3.8) is 0 Å². The SMILES string of the molecule is CCCC(Nc1ncnc2c1nc(-c1cnc(C)nc1)n2CC)C(=O)N1CC(C)OC(C)C1. The number of anilines is 1. The van der Waals surface area contributed by atoms with Crippen LogP contribution in [0.3, 0.4) is 0 Å². The Morgan fingerprint density at radius 1 is 1.15 bits per heavy atom. The molecule has 33 heavy (non-hydrogen) atoms. The van der Waals surface area contributed by atoms with Gasteiger partial charge in [0.25, 0.3) is 0 Å². The summed E-state index contributed by atoms with van der Waals surface area (Å²) in [4.78, 5) is 37.7. The summed E-state index contributed by atoms with van der Waals surface area (Å²) in [5.41, 5.74) is 2.15. The normalized spacial score (nSPS) is 19.6. The number of morpholine rings is 1. The van der Waals surface area contributed by atoms with E-state index in [9.17, 15) is 4.79 Å². The average Bonchev–Trinajstić information content (AvgIpc) is 3.17. The standard InChI is InChI=1S/C23H32N8O2/c1-6-8-18(23(32)30-11-14(3)33-15(4)12-30)28-20-19-22(27-13-26-20)31(7-2)21(29-19)17-9-24-16(5)25-10-17/h9-10,13-15,18H,6-8,11-12H2,1-5H3,(H,26,27,28). The van der Waals surface area contributed by atoms with Crippen molar-refractivity contribution in [1.82, 2.24) is 34.4 Å². The summed E-state index contributed by atoms with van der Waals surface area (Å²) in [5, 5.41) is 3.38. The lowest BCUT2D eigenvalue weighted by atomic mass is 10.1. The Balaban J connectivity index is 1.68. The van der Waals surface area contributed by atoms with E-state index in [1.54, 1.807) is 12.4 Å². The van der Waals surface area contributed by atoms with E-state index in [0.29, 0.717) is 48.9 Å². The van der Waals surface area contributed by atoms with Gasteiger partial charge in [-0.15, -0.1) is 0 Å². The summed E-state index contributed by atoms with van der Waals surface area (Å²) in [6.45, 7) is 11.8. The third-order valence-electron chi connectivity index (χ3n) is 5.81. The minimum absolute atomic E-state index is 0.0188. The number of carbonyl (C=O) groups excluding carboxylic acids is 1. The van der Waals surface area contributed by atoms with Crippen molar-refractivity contribution in [2.24, 2.45) is 0 Å². The van der Waals surface area contributed by atoms with Crippen LogP contribution in [0.5, 0.6) is 0 Å². The second kappa shape index (κ2) is 9.78. The molecule has 0 aliphatic carbocycles. The van der Waals surface area contributed by atoms with Gasteiger partial charge in [0.05, 0.1) is 17.8 Å². The monoisotopic (exact) mass is 452 g/mol. The van der Waals surface area contributed by atoms with E-state index in [1.165, 1.54) is 6.33 Å². The Kier molecular flexibility index (Phi) is 6.83. The molecule has 0 radical (unpaired) electrons. The van der Waals surface area contributed by atoms with Crippen molar-refractivity contribution in [2.45, 2.75) is 72.3 Å². The fourth-order valence-electron chi connectivity index (χ4n) is 4.36. The highest BCUT2D eigenvalue weighted by molar-refractivity contribution is 5.90. The Morgan fingerprint density at radius 2 is 1.85 bits per heavy atom. The van der Waals surface area contributed by atoms with E-state index in [-0.39, 0.29) is 18.1 Å². The summed E-state index contributed by atoms with van der Waals surface area (Å²) in [5.74, 6) is 2.05. The quantitative estimate of drug-likeness (QED) is 0.583. The van der Waals surface area contributed by atoms with Gasteiger partial charge in [-0.2, -0.15) is 0 Å². The molecule has 3 aromatic rings. The molecule has 1 aliphatic heterocycles. The fraction of sp³-hybridized carbons (Fsp3) is 0.565. The number of ether oxygens (including phenoxy) is 1. The molecule has 3 aromatic heterocycles. The third kappa shape index (κ3) is 4.80. The highest BCUT2D eigenvalue weighted by atomic mass is 16.5. The van der Waals surface area contributed by atoms with Gasteiger partial charge in [0.15, 0.2) is 17.0 Å². The van der Waals surface area contributed by atoms with Gasteiger partial charge >= 0.3 is 0 Å². The molecule has 0 aromatic carbocycles. The van der Waals surface area contributed by atoms with E-state index in [2.05, 4.69) is 32.2 Å². The van der Waals surface area contributed by atoms with Gasteiger partial charge in [-0.1, -0.05) is 13.3 Å². The van der Waals surface area contributed by atoms with Gasteiger partial charge in [-0.25, -0.2) is 24.9 Å². The van der Waals surface area contributed by atoms with Crippen molar-refractivity contribution in [3.05, 3.63) is 24.5 Å². The van der Waals surface area contributed by atoms with Crippen LogP contribution in [0.4, 0.5) is 5.82 Å². The van der Waals surface area contributed by atoms with Crippen molar-refractivity contribution < 1.29 is 9.53 Å². The zero-order valence-electron chi connectivity index (χ0n) is 19.9. The molecule has 1 saturated heterocycles. The minimum Gasteiger partial charge on any atom is -0.372 e. The van der Waals surface area contributed by atoms with E-state index >= 15 is 0 Å². The van der Waals surface area contributed by atoms with E-state index in [4.69, 9.17) is 9.72 Å². The van der Waals surface area contributed by atoms with Crippen LogP contribution in [0.1, 0.15) is 46.4 Å². The van der Waals surface area contributed by atoms with Crippen LogP contribution in [0.2, 0.25) is 0 Å². The predicted molar refractivity (Wildman–Crippen MR) is 126 cm³/mol. The Morgan fingerprint density at radius 3 is 2.48 bits per heavy atom. The summed E-state index contributed by atoms with van der Waals surface area (Å²) >= 11 is 0. The van der Waals surface area contributed by atoms with Crippen LogP contribution in [0, 0.1) is 6.92 Å². The van der Waals surface area contributed by atoms with Gasteiger partial charge < -0.3 is 19.5 Å². The lowest BCUT2D eigenvalue weighted by Gasteiger charge is -2.37. The summed E-state index contributed by atoms with van der Waals surface area (Å²) in [7, 11) is 0. The molecule has 10 heteroatoms. The third-order valence-corrected chi connectivity index (χ3v) is 5.81. The van der Waals surface area contributed by atoms with Gasteiger partial charge in [0.2, 0.25) is 5.91 Å². The maximum absolute atomic E-state index is 13.4. The van der Waals surface area contributed by atoms with Crippen LogP contribution in [0.25, 0.3) is 22.6 Å². The Labute approximate surface area is 193 Å². The molecule has 0 bridgehead atoms. The molecule has 10 nitrogen and oxygen atoms in total. The zero-order chi connectivity index (χ0) is 23.5. The number of carbonyl (C=O) groups is 1. The maximum atomic E-state index is 13.4. The van der Waals surface area contributed by atoms with Gasteiger partial charge in [0.1, 0.15) is 24.0 Å². The molecule has 4 rings (SSSR count). The molecule has 0 saturated carbocycles. The number of fused-ring (bicyclic) bond motifs is 1. The molecule has 1 aliphatic rings. The fourth-order valence-corrected chi connectivity index (χ4v) is 4.36. The van der Waals surface area contributed by atoms with Crippen LogP contribution in [-0.4, -0.2) is 71.6 Å². The number of aryl methyl sites for hydroxylation is 2. The zero-order valence-corrected chi connectivity index (χ0v) is 19.9. The molecular weight excluding hydrogens is 420 g/mol. The molecule has 3 atom stereocenters. The first-order valence-corrected chi connectivity index (χ1v) is 11.6. The lowest BCUT2D eigenvalue weighted by Crippen LogP contribution is -2.52. The van der Waals surface area contributed by atoms with Gasteiger partial charge in [0, 0.05) is 32.0 Å². The van der Waals surface area contributed by atoms with Crippen LogP contribution >= 0.6 is 0 Å². The van der Waals surface area contributed by atoms with Crippen LogP contribution < -0.4 is 5.32 Å². The summed E-state index contributed by atoms with van der Waals surface area (Å²) in [6.07, 6.45) is 6.64. The molecule has 4 heterocycles. The minimum atomic E-state index is -0.400. The highest BCUT2D eigenvalue weighted by Gasteiger charge is 2.31. The Hall–Kier alpha value is -3.14. The number of rotatable bonds is 7. The van der Waals surface area contributed by atoms with Crippen molar-refractivity contribution in [2.75, 3.05) is 18.4 Å². The number of aromatic nitrogens is 6. The first-order chi connectivity index (χ1) is 15.9. The summed E-state index contributed by atoms with van der Waals surface area (Å²) in [6, 6.07) is -0.400. The number of hydrogen-bond donors (Lipinski definition) is 1. The van der Waals surface area contributed by atoms with Gasteiger partial charge in [-0.05, 0) is 34.1 Å². The number of nitrogens with one attached hydrogen (secondary N) is 1. The predicted octanol–water partition coefficient (Wildman–Crippen LogP) is 2.83. The topological polar surface area (TPSA) is 111 Å². The second-order valence-corrected chi connectivity index (χ2v) is 8.58. The molecule has 1 amide bonds. The highest BCUT2D eigenvalue weighted by Crippen LogP contribution is 2.27. The van der Waals surface area contributed by atoms with E-state index < -0.39 is 6.04 Å². The average molecular weight is 453 g/mol. The van der Waals surface area contributed by atoms with Crippen molar-refractivity contribution in [1.29, 1.82) is 0 Å². The van der Waals surface area contributed by atoms with E-state index in [0.717, 1.165) is 17.8 Å². The molecular formula is C23H32N8O2. The van der Waals surface area contributed by atoms with Crippen LogP contribution in [0.15, 0.2) is 18.7 Å². The van der Waals surface area contributed by atoms with Crippen molar-refractivity contribution in [3.8, 4) is 11.4 Å². The maximum Gasteiger partial charge on any atom is 0.245 e. The molecule has 0 spiro atoms. The number of hydrogen-bond acceptors (Lipinski definition) is 8. The van der Waals surface area contributed by atoms with Crippen molar-refractivity contribution >= 4 is 22.9 Å². The number of imidazole rings is 1. The molecule has 176 valence electrons. The molecule has 1 fully saturated rings. The first kappa shape index (κ1) is 23.0. The summed E-state index contributed by atoms with van der Waals surface area (Å²) < 4.78 is 7.81. The largest absolute Gasteiger partial charge is 0.372 e. The number of nitrogens with zero attached hydrogens (tertiary/aromatic N) is 7. The van der Waals surface area contributed by atoms with Gasteiger partial charge in [-0.3, -0.25) is 4.79 Å².